The smallest absolute Gasteiger partial charge is 0.310 e. The van der Waals surface area contributed by atoms with Gasteiger partial charge < -0.3 is 5.11 Å². The Morgan fingerprint density at radius 3 is 2.44 bits per heavy atom. The van der Waals surface area contributed by atoms with Gasteiger partial charge in [-0.05, 0) is 18.8 Å². The van der Waals surface area contributed by atoms with Crippen LogP contribution in [-0.2, 0) is 4.79 Å². The fourth-order valence-electron chi connectivity index (χ4n) is 0.825. The Morgan fingerprint density at radius 2 is 2.33 bits per heavy atom. The summed E-state index contributed by atoms with van der Waals surface area (Å²) >= 11 is 0. The average molecular weight is 125 g/mol. The number of rotatable bonds is 3. The van der Waals surface area contributed by atoms with Gasteiger partial charge in [0.15, 0.2) is 0 Å². The summed E-state index contributed by atoms with van der Waals surface area (Å²) in [6.45, 7) is 3.44. The maximum absolute atomic E-state index is 10.3. The third-order valence-electron chi connectivity index (χ3n) is 1.48. The lowest BCUT2D eigenvalue weighted by Crippen LogP contribution is -2.10. The Labute approximate surface area is 54.2 Å². The zero-order valence-corrected chi connectivity index (χ0v) is 5.13. The fourth-order valence-corrected chi connectivity index (χ4v) is 0.825. The highest BCUT2D eigenvalue weighted by Gasteiger charge is 2.34. The summed E-state index contributed by atoms with van der Waals surface area (Å²) in [5.41, 5.74) is 0. The van der Waals surface area contributed by atoms with Crippen LogP contribution in [0, 0.1) is 11.8 Å². The molecule has 2 nitrogen and oxygen atoms in total. The van der Waals surface area contributed by atoms with E-state index in [-0.39, 0.29) is 5.92 Å². The first kappa shape index (κ1) is 6.33. The number of hydrogen-bond donors (Lipinski definition) is 1. The van der Waals surface area contributed by atoms with E-state index in [1.807, 2.05) is 0 Å². The van der Waals surface area contributed by atoms with Gasteiger partial charge >= 0.3 is 5.97 Å². The minimum Gasteiger partial charge on any atom is -0.481 e. The van der Waals surface area contributed by atoms with Crippen LogP contribution in [0.5, 0.6) is 0 Å². The van der Waals surface area contributed by atoms with Gasteiger partial charge in [-0.2, -0.15) is 0 Å². The van der Waals surface area contributed by atoms with Crippen LogP contribution >= 0.6 is 0 Å². The Bertz CT molecular complexity index is 136. The molecule has 0 aliphatic heterocycles. The molecule has 1 saturated carbocycles. The number of carboxylic acids is 1. The maximum Gasteiger partial charge on any atom is 0.310 e. The molecule has 0 bridgehead atoms. The van der Waals surface area contributed by atoms with Crippen LogP contribution < -0.4 is 0 Å². The lowest BCUT2D eigenvalue weighted by atomic mass is 10.1. The molecular formula is C7H9O2. The molecule has 1 radical (unpaired) electrons. The van der Waals surface area contributed by atoms with Crippen molar-refractivity contribution in [3.63, 3.8) is 0 Å². The molecular weight excluding hydrogens is 116 g/mol. The van der Waals surface area contributed by atoms with Gasteiger partial charge in [-0.1, -0.05) is 6.08 Å². The van der Waals surface area contributed by atoms with Crippen molar-refractivity contribution in [1.29, 1.82) is 0 Å². The molecule has 1 unspecified atom stereocenters. The van der Waals surface area contributed by atoms with Crippen molar-refractivity contribution in [2.24, 2.45) is 5.92 Å². The standard InChI is InChI=1S/C7H9O2/c1-2-6(7(8)9)5-3-4-5/h2,6H,1,3-4H2,(H,8,9). The van der Waals surface area contributed by atoms with E-state index in [9.17, 15) is 4.79 Å². The normalized spacial score (nSPS) is 20.9. The van der Waals surface area contributed by atoms with E-state index in [0.717, 1.165) is 18.8 Å². The van der Waals surface area contributed by atoms with Gasteiger partial charge in [-0.15, -0.1) is 6.58 Å². The lowest BCUT2D eigenvalue weighted by molar-refractivity contribution is -0.139. The van der Waals surface area contributed by atoms with Crippen molar-refractivity contribution in [3.8, 4) is 0 Å². The molecule has 0 spiro atoms. The predicted octanol–water partition coefficient (Wildman–Crippen LogP) is 1.24. The minimum absolute atomic E-state index is 0.370. The Kier molecular flexibility index (Phi) is 1.56. The van der Waals surface area contributed by atoms with Crippen LogP contribution in [0.2, 0.25) is 0 Å². The summed E-state index contributed by atoms with van der Waals surface area (Å²) in [4.78, 5) is 10.3. The second-order valence-electron chi connectivity index (χ2n) is 2.21. The molecule has 0 aromatic carbocycles. The van der Waals surface area contributed by atoms with E-state index < -0.39 is 5.97 Å². The molecule has 1 N–H and O–H groups in total. The number of hydrogen-bond acceptors (Lipinski definition) is 1. The van der Waals surface area contributed by atoms with Crippen LogP contribution in [-0.4, -0.2) is 11.1 Å². The van der Waals surface area contributed by atoms with Gasteiger partial charge in [0.2, 0.25) is 0 Å². The number of carboxylic acid groups (broad SMARTS) is 1. The Balaban J connectivity index is 2.47. The van der Waals surface area contributed by atoms with Gasteiger partial charge in [0.05, 0.1) is 5.92 Å². The molecule has 1 aliphatic rings. The summed E-state index contributed by atoms with van der Waals surface area (Å²) in [7, 11) is 0. The Morgan fingerprint density at radius 1 is 1.78 bits per heavy atom. The summed E-state index contributed by atoms with van der Waals surface area (Å²) in [6, 6.07) is 0. The van der Waals surface area contributed by atoms with Crippen molar-refractivity contribution in [2.75, 3.05) is 0 Å². The zero-order chi connectivity index (χ0) is 6.85. The number of aliphatic carboxylic acids is 1. The minimum atomic E-state index is -0.766. The summed E-state index contributed by atoms with van der Waals surface area (Å²) in [5.74, 6) is -0.0278. The van der Waals surface area contributed by atoms with Crippen molar-refractivity contribution in [1.82, 2.24) is 0 Å². The van der Waals surface area contributed by atoms with Crippen molar-refractivity contribution < 1.29 is 9.90 Å². The molecule has 1 atom stereocenters. The molecule has 0 heterocycles. The molecule has 0 aromatic rings. The van der Waals surface area contributed by atoms with Crippen LogP contribution in [0.3, 0.4) is 0 Å². The molecule has 2 heteroatoms. The van der Waals surface area contributed by atoms with Gasteiger partial charge in [0.1, 0.15) is 0 Å². The van der Waals surface area contributed by atoms with Gasteiger partial charge in [-0.25, -0.2) is 0 Å². The molecule has 1 fully saturated rings. The molecule has 9 heavy (non-hydrogen) atoms. The maximum atomic E-state index is 10.3. The highest BCUT2D eigenvalue weighted by atomic mass is 16.4. The Hall–Kier alpha value is -0.790. The quantitative estimate of drug-likeness (QED) is 0.576. The van der Waals surface area contributed by atoms with Gasteiger partial charge in [0, 0.05) is 0 Å². The van der Waals surface area contributed by atoms with Gasteiger partial charge in [0.25, 0.3) is 0 Å². The van der Waals surface area contributed by atoms with Crippen LogP contribution in [0.4, 0.5) is 0 Å². The molecule has 49 valence electrons. The first-order valence-corrected chi connectivity index (χ1v) is 2.95. The highest BCUT2D eigenvalue weighted by molar-refractivity contribution is 5.75. The first-order chi connectivity index (χ1) is 4.25. The van der Waals surface area contributed by atoms with Crippen LogP contribution in [0.15, 0.2) is 12.7 Å². The molecule has 0 saturated heterocycles. The fraction of sp³-hybridized carbons (Fsp3) is 0.429. The zero-order valence-electron chi connectivity index (χ0n) is 5.13. The average Bonchev–Trinajstić information content (AvgIpc) is 2.50. The van der Waals surface area contributed by atoms with Crippen molar-refractivity contribution >= 4 is 5.97 Å². The van der Waals surface area contributed by atoms with Crippen molar-refractivity contribution in [3.05, 3.63) is 18.6 Å². The highest BCUT2D eigenvalue weighted by Crippen LogP contribution is 2.39. The summed E-state index contributed by atoms with van der Waals surface area (Å²) < 4.78 is 0. The first-order valence-electron chi connectivity index (χ1n) is 2.95. The summed E-state index contributed by atoms with van der Waals surface area (Å²) in [5, 5.41) is 8.49. The second kappa shape index (κ2) is 2.21. The predicted molar refractivity (Wildman–Crippen MR) is 33.8 cm³/mol. The van der Waals surface area contributed by atoms with E-state index in [2.05, 4.69) is 6.58 Å². The van der Waals surface area contributed by atoms with E-state index >= 15 is 0 Å². The SMILES string of the molecule is C=CC([C]1CC1)C(=O)O. The van der Waals surface area contributed by atoms with Crippen molar-refractivity contribution in [2.45, 2.75) is 12.8 Å². The van der Waals surface area contributed by atoms with E-state index in [0.29, 0.717) is 0 Å². The summed E-state index contributed by atoms with van der Waals surface area (Å²) in [6.07, 6.45) is 3.44. The molecule has 1 aliphatic carbocycles. The lowest BCUT2D eigenvalue weighted by Gasteiger charge is -2.00. The van der Waals surface area contributed by atoms with Crippen LogP contribution in [0.25, 0.3) is 0 Å². The van der Waals surface area contributed by atoms with Gasteiger partial charge in [-0.3, -0.25) is 4.79 Å². The van der Waals surface area contributed by atoms with E-state index in [1.165, 1.54) is 6.08 Å². The largest absolute Gasteiger partial charge is 0.481 e. The van der Waals surface area contributed by atoms with E-state index in [4.69, 9.17) is 5.11 Å². The third kappa shape index (κ3) is 1.31. The number of carbonyl (C=O) groups is 1. The molecule has 0 aromatic heterocycles. The topological polar surface area (TPSA) is 37.3 Å². The van der Waals surface area contributed by atoms with Crippen LogP contribution in [0.1, 0.15) is 12.8 Å². The molecule has 0 amide bonds. The van der Waals surface area contributed by atoms with E-state index in [1.54, 1.807) is 0 Å². The second-order valence-corrected chi connectivity index (χ2v) is 2.21. The third-order valence-corrected chi connectivity index (χ3v) is 1.48. The molecule has 1 rings (SSSR count). The monoisotopic (exact) mass is 125 g/mol.